The standard InChI is InChI=1S/C19H30N4O3.HI/c1-7-20-19(23-10-13(3)15(11-23)18(24)26-6)22-9-16-14(4)17(25-5)12(2)8-21-16;/h8,13,15H,7,9-11H2,1-6H3,(H,20,22);1H. The number of nitrogens with zero attached hydrogens (tertiary/aromatic N) is 3. The van der Waals surface area contributed by atoms with E-state index in [1.165, 1.54) is 7.11 Å². The normalized spacial score (nSPS) is 19.5. The molecule has 1 N–H and O–H groups in total. The van der Waals surface area contributed by atoms with Crippen LogP contribution in [0.2, 0.25) is 0 Å². The maximum atomic E-state index is 11.9. The molecule has 1 aromatic heterocycles. The van der Waals surface area contributed by atoms with Crippen LogP contribution in [0.5, 0.6) is 5.75 Å². The number of nitrogens with one attached hydrogen (secondary N) is 1. The van der Waals surface area contributed by atoms with E-state index in [2.05, 4.69) is 22.1 Å². The highest BCUT2D eigenvalue weighted by atomic mass is 127. The summed E-state index contributed by atoms with van der Waals surface area (Å²) in [6, 6.07) is 0. The Labute approximate surface area is 178 Å². The number of rotatable bonds is 5. The Morgan fingerprint density at radius 1 is 1.37 bits per heavy atom. The van der Waals surface area contributed by atoms with Gasteiger partial charge in [-0.15, -0.1) is 24.0 Å². The summed E-state index contributed by atoms with van der Waals surface area (Å²) in [7, 11) is 3.11. The quantitative estimate of drug-likeness (QED) is 0.296. The summed E-state index contributed by atoms with van der Waals surface area (Å²) < 4.78 is 10.4. The van der Waals surface area contributed by atoms with E-state index in [4.69, 9.17) is 14.5 Å². The Morgan fingerprint density at radius 2 is 2.07 bits per heavy atom. The minimum Gasteiger partial charge on any atom is -0.496 e. The maximum Gasteiger partial charge on any atom is 0.310 e. The lowest BCUT2D eigenvalue weighted by Gasteiger charge is -2.21. The third kappa shape index (κ3) is 5.46. The molecule has 0 saturated carbocycles. The second kappa shape index (κ2) is 10.7. The molecular weight excluding hydrogens is 459 g/mol. The first-order valence-corrected chi connectivity index (χ1v) is 9.03. The SMILES string of the molecule is CCNC(=NCc1ncc(C)c(OC)c1C)N1CC(C)C(C(=O)OC)C1.I. The van der Waals surface area contributed by atoms with Gasteiger partial charge in [0, 0.05) is 37.0 Å². The van der Waals surface area contributed by atoms with Crippen LogP contribution in [0.15, 0.2) is 11.2 Å². The van der Waals surface area contributed by atoms with Gasteiger partial charge in [-0.2, -0.15) is 0 Å². The van der Waals surface area contributed by atoms with Gasteiger partial charge in [-0.1, -0.05) is 6.92 Å². The predicted octanol–water partition coefficient (Wildman–Crippen LogP) is 2.53. The van der Waals surface area contributed by atoms with Crippen molar-refractivity contribution in [2.75, 3.05) is 33.9 Å². The molecule has 1 aromatic rings. The summed E-state index contributed by atoms with van der Waals surface area (Å²) in [6.45, 7) is 10.7. The third-order valence-corrected chi connectivity index (χ3v) is 4.88. The van der Waals surface area contributed by atoms with E-state index in [9.17, 15) is 4.79 Å². The smallest absolute Gasteiger partial charge is 0.310 e. The largest absolute Gasteiger partial charge is 0.496 e. The van der Waals surface area contributed by atoms with Crippen LogP contribution in [0.3, 0.4) is 0 Å². The first-order valence-electron chi connectivity index (χ1n) is 9.03. The zero-order valence-corrected chi connectivity index (χ0v) is 19.4. The van der Waals surface area contributed by atoms with Crippen molar-refractivity contribution in [3.63, 3.8) is 0 Å². The van der Waals surface area contributed by atoms with Crippen molar-refractivity contribution in [3.05, 3.63) is 23.0 Å². The van der Waals surface area contributed by atoms with Crippen LogP contribution >= 0.6 is 24.0 Å². The number of hydrogen-bond acceptors (Lipinski definition) is 5. The van der Waals surface area contributed by atoms with Crippen molar-refractivity contribution < 1.29 is 14.3 Å². The number of hydrogen-bond donors (Lipinski definition) is 1. The minimum absolute atomic E-state index is 0. The molecule has 1 saturated heterocycles. The van der Waals surface area contributed by atoms with Gasteiger partial charge in [0.25, 0.3) is 0 Å². The maximum absolute atomic E-state index is 11.9. The van der Waals surface area contributed by atoms with Crippen LogP contribution in [0.4, 0.5) is 0 Å². The number of methoxy groups -OCH3 is 2. The molecule has 2 unspecified atom stereocenters. The number of aliphatic imine (C=N–C) groups is 1. The first kappa shape index (κ1) is 23.5. The van der Waals surface area contributed by atoms with Crippen LogP contribution in [-0.4, -0.2) is 55.7 Å². The van der Waals surface area contributed by atoms with Crippen LogP contribution in [0.1, 0.15) is 30.7 Å². The molecule has 0 aliphatic carbocycles. The number of carbonyl (C=O) groups is 1. The number of carbonyl (C=O) groups excluding carboxylic acids is 1. The minimum atomic E-state index is -0.156. The average Bonchev–Trinajstić information content (AvgIpc) is 3.01. The fraction of sp³-hybridized carbons (Fsp3) is 0.632. The van der Waals surface area contributed by atoms with Crippen LogP contribution in [-0.2, 0) is 16.1 Å². The van der Waals surface area contributed by atoms with Crippen molar-refractivity contribution in [1.82, 2.24) is 15.2 Å². The zero-order valence-electron chi connectivity index (χ0n) is 17.0. The van der Waals surface area contributed by atoms with Gasteiger partial charge >= 0.3 is 5.97 Å². The molecule has 8 heteroatoms. The van der Waals surface area contributed by atoms with E-state index >= 15 is 0 Å². The van der Waals surface area contributed by atoms with E-state index in [1.54, 1.807) is 7.11 Å². The molecule has 1 aliphatic rings. The van der Waals surface area contributed by atoms with Crippen molar-refractivity contribution in [1.29, 1.82) is 0 Å². The summed E-state index contributed by atoms with van der Waals surface area (Å²) in [5.74, 6) is 1.60. The number of aryl methyl sites for hydroxylation is 1. The second-order valence-electron chi connectivity index (χ2n) is 6.73. The summed E-state index contributed by atoms with van der Waals surface area (Å²) in [5, 5.41) is 3.32. The third-order valence-electron chi connectivity index (χ3n) is 4.88. The lowest BCUT2D eigenvalue weighted by molar-refractivity contribution is -0.145. The number of pyridine rings is 1. The molecule has 1 fully saturated rings. The Hall–Kier alpha value is -1.58. The number of halogens is 1. The van der Waals surface area contributed by atoms with Gasteiger partial charge in [0.05, 0.1) is 32.4 Å². The highest BCUT2D eigenvalue weighted by Gasteiger charge is 2.36. The van der Waals surface area contributed by atoms with Gasteiger partial charge in [-0.3, -0.25) is 9.78 Å². The molecule has 0 aromatic carbocycles. The summed E-state index contributed by atoms with van der Waals surface area (Å²) in [6.07, 6.45) is 1.81. The number of aromatic nitrogens is 1. The van der Waals surface area contributed by atoms with Crippen LogP contribution in [0, 0.1) is 25.7 Å². The molecule has 2 atom stereocenters. The van der Waals surface area contributed by atoms with Gasteiger partial charge in [0.15, 0.2) is 5.96 Å². The summed E-state index contributed by atoms with van der Waals surface area (Å²) in [5.41, 5.74) is 2.91. The van der Waals surface area contributed by atoms with Gasteiger partial charge in [-0.25, -0.2) is 4.99 Å². The summed E-state index contributed by atoms with van der Waals surface area (Å²) in [4.78, 5) is 23.3. The molecule has 7 nitrogen and oxygen atoms in total. The molecule has 0 bridgehead atoms. The van der Waals surface area contributed by atoms with Crippen LogP contribution in [0.25, 0.3) is 0 Å². The Morgan fingerprint density at radius 3 is 2.67 bits per heavy atom. The van der Waals surface area contributed by atoms with E-state index in [0.717, 1.165) is 41.6 Å². The fourth-order valence-corrected chi connectivity index (χ4v) is 3.40. The number of likely N-dealkylation sites (tertiary alicyclic amines) is 1. The molecular formula is C19H31IN4O3. The van der Waals surface area contributed by atoms with E-state index in [0.29, 0.717) is 13.1 Å². The molecule has 1 aliphatic heterocycles. The number of ether oxygens (including phenoxy) is 2. The van der Waals surface area contributed by atoms with E-state index in [1.807, 2.05) is 27.0 Å². The van der Waals surface area contributed by atoms with Gasteiger partial charge < -0.3 is 19.7 Å². The topological polar surface area (TPSA) is 76.1 Å². The Bertz CT molecular complexity index is 681. The number of esters is 1. The molecule has 2 heterocycles. The fourth-order valence-electron chi connectivity index (χ4n) is 3.40. The summed E-state index contributed by atoms with van der Waals surface area (Å²) >= 11 is 0. The van der Waals surface area contributed by atoms with Crippen LogP contribution < -0.4 is 10.1 Å². The molecule has 2 rings (SSSR count). The Balaban J connectivity index is 0.00000364. The number of guanidine groups is 1. The lowest BCUT2D eigenvalue weighted by atomic mass is 9.99. The molecule has 0 spiro atoms. The molecule has 0 radical (unpaired) electrons. The van der Waals surface area contributed by atoms with E-state index in [-0.39, 0.29) is 41.8 Å². The first-order chi connectivity index (χ1) is 12.4. The van der Waals surface area contributed by atoms with Gasteiger partial charge in [-0.05, 0) is 26.7 Å². The molecule has 27 heavy (non-hydrogen) atoms. The van der Waals surface area contributed by atoms with E-state index < -0.39 is 0 Å². The zero-order chi connectivity index (χ0) is 19.3. The average molecular weight is 490 g/mol. The Kier molecular flexibility index (Phi) is 9.28. The highest BCUT2D eigenvalue weighted by molar-refractivity contribution is 14.0. The lowest BCUT2D eigenvalue weighted by Crippen LogP contribution is -2.40. The van der Waals surface area contributed by atoms with Gasteiger partial charge in [0.1, 0.15) is 5.75 Å². The van der Waals surface area contributed by atoms with Crippen molar-refractivity contribution >= 4 is 35.9 Å². The van der Waals surface area contributed by atoms with Crippen molar-refractivity contribution in [3.8, 4) is 5.75 Å². The second-order valence-corrected chi connectivity index (χ2v) is 6.73. The highest BCUT2D eigenvalue weighted by Crippen LogP contribution is 2.26. The molecule has 152 valence electrons. The predicted molar refractivity (Wildman–Crippen MR) is 117 cm³/mol. The monoisotopic (exact) mass is 490 g/mol. The molecule has 0 amide bonds. The van der Waals surface area contributed by atoms with Gasteiger partial charge in [0.2, 0.25) is 0 Å². The van der Waals surface area contributed by atoms with Crippen molar-refractivity contribution in [2.24, 2.45) is 16.8 Å². The van der Waals surface area contributed by atoms with Crippen molar-refractivity contribution in [2.45, 2.75) is 34.2 Å².